The van der Waals surface area contributed by atoms with E-state index in [1.54, 1.807) is 109 Å². The van der Waals surface area contributed by atoms with Crippen LogP contribution in [0.5, 0.6) is 0 Å². The molecule has 3 aromatic carbocycles. The van der Waals surface area contributed by atoms with E-state index in [0.717, 1.165) is 3.57 Å². The Bertz CT molecular complexity index is 1770. The number of hydrogen-bond donors (Lipinski definition) is 0. The van der Waals surface area contributed by atoms with Crippen LogP contribution in [0.4, 0.5) is 0 Å². The quantitative estimate of drug-likeness (QED) is 0.0624. The van der Waals surface area contributed by atoms with E-state index in [4.69, 9.17) is 30.5 Å². The Morgan fingerprint density at radius 1 is 0.800 bits per heavy atom. The van der Waals surface area contributed by atoms with Crippen molar-refractivity contribution in [2.24, 2.45) is 0 Å². The first-order valence-corrected chi connectivity index (χ1v) is 15.3. The van der Waals surface area contributed by atoms with Crippen LogP contribution in [0.3, 0.4) is 0 Å². The van der Waals surface area contributed by atoms with Gasteiger partial charge < -0.3 is 23.5 Å². The van der Waals surface area contributed by atoms with Crippen LogP contribution in [-0.2, 0) is 25.7 Å². The van der Waals surface area contributed by atoms with Crippen LogP contribution in [0.25, 0.3) is 11.0 Å². The molecular weight excluding hydrogens is 713 g/mol. The van der Waals surface area contributed by atoms with E-state index in [1.165, 1.54) is 6.33 Å². The first-order valence-electron chi connectivity index (χ1n) is 13.8. The van der Waals surface area contributed by atoms with Gasteiger partial charge in [-0.1, -0.05) is 66.2 Å². The summed E-state index contributed by atoms with van der Waals surface area (Å²) in [4.78, 5) is 47.7. The highest BCUT2D eigenvalue weighted by molar-refractivity contribution is 14.1. The number of nitrogens with zero attached hydrogens (tertiary/aromatic N) is 3. The molecule has 0 bridgehead atoms. The summed E-state index contributed by atoms with van der Waals surface area (Å²) in [5.41, 5.74) is 1.44. The van der Waals surface area contributed by atoms with Gasteiger partial charge in [0.05, 0.1) is 22.1 Å². The number of benzene rings is 3. The van der Waals surface area contributed by atoms with Crippen molar-refractivity contribution in [2.45, 2.75) is 32.0 Å². The highest BCUT2D eigenvalue weighted by Crippen LogP contribution is 2.27. The number of aromatic nitrogens is 3. The van der Waals surface area contributed by atoms with Gasteiger partial charge in [-0.3, -0.25) is 0 Å². The number of rotatable bonds is 12. The van der Waals surface area contributed by atoms with Crippen molar-refractivity contribution in [2.75, 3.05) is 6.61 Å². The van der Waals surface area contributed by atoms with Crippen LogP contribution in [0.1, 0.15) is 38.0 Å². The van der Waals surface area contributed by atoms with Gasteiger partial charge >= 0.3 is 17.9 Å². The van der Waals surface area contributed by atoms with Gasteiger partial charge in [0.15, 0.2) is 6.10 Å². The minimum atomic E-state index is -1.20. The highest BCUT2D eigenvalue weighted by atomic mass is 127. The molecule has 45 heavy (non-hydrogen) atoms. The maximum atomic E-state index is 13.3. The van der Waals surface area contributed by atoms with E-state index in [2.05, 4.69) is 32.6 Å². The Morgan fingerprint density at radius 2 is 1.33 bits per heavy atom. The molecular formula is C33H27ClIN3O7. The molecule has 230 valence electrons. The van der Waals surface area contributed by atoms with E-state index in [-0.39, 0.29) is 24.1 Å². The molecule has 0 saturated carbocycles. The lowest BCUT2D eigenvalue weighted by Gasteiger charge is -2.31. The Labute approximate surface area is 277 Å². The van der Waals surface area contributed by atoms with Crippen LogP contribution in [-0.4, -0.2) is 57.4 Å². The molecule has 3 atom stereocenters. The van der Waals surface area contributed by atoms with E-state index >= 15 is 0 Å². The summed E-state index contributed by atoms with van der Waals surface area (Å²) in [7, 11) is 0. The molecule has 0 amide bonds. The Balaban J connectivity index is 1.45. The first-order chi connectivity index (χ1) is 21.8. The molecule has 0 radical (unpaired) electrons. The topological polar surface area (TPSA) is 119 Å². The van der Waals surface area contributed by atoms with Crippen LogP contribution in [0.15, 0.2) is 104 Å². The monoisotopic (exact) mass is 739 g/mol. The number of halogens is 2. The van der Waals surface area contributed by atoms with Crippen molar-refractivity contribution in [1.82, 2.24) is 14.5 Å². The van der Waals surface area contributed by atoms with Gasteiger partial charge in [0.25, 0.3) is 0 Å². The number of hydrogen-bond acceptors (Lipinski definition) is 9. The maximum absolute atomic E-state index is 13.3. The molecule has 2 heterocycles. The summed E-state index contributed by atoms with van der Waals surface area (Å²) in [5.74, 6) is -1.90. The van der Waals surface area contributed by atoms with E-state index < -0.39 is 36.2 Å². The lowest BCUT2D eigenvalue weighted by Crippen LogP contribution is -2.46. The zero-order valence-corrected chi connectivity index (χ0v) is 26.8. The average Bonchev–Trinajstić information content (AvgIpc) is 3.40. The summed E-state index contributed by atoms with van der Waals surface area (Å²) in [6, 6.07) is 25.2. The SMILES string of the molecule is CC(OC(=O)c1ccccc1)C(OC(=O)c1ccccc1)C(COC(=O)c1ccccc1)OCn1cc(I)c2c(Cl)ncnc21. The fourth-order valence-electron chi connectivity index (χ4n) is 4.49. The molecule has 10 nitrogen and oxygen atoms in total. The third kappa shape index (κ3) is 8.04. The smallest absolute Gasteiger partial charge is 0.338 e. The van der Waals surface area contributed by atoms with Crippen LogP contribution < -0.4 is 0 Å². The van der Waals surface area contributed by atoms with Gasteiger partial charge in [-0.15, -0.1) is 0 Å². The van der Waals surface area contributed by atoms with Crippen LogP contribution in [0.2, 0.25) is 5.15 Å². The molecule has 0 aliphatic heterocycles. The summed E-state index contributed by atoms with van der Waals surface area (Å²) in [6.45, 7) is 1.15. The fraction of sp³-hybridized carbons (Fsp3) is 0.182. The van der Waals surface area contributed by atoms with Crippen LogP contribution in [0, 0.1) is 3.57 Å². The predicted molar refractivity (Wildman–Crippen MR) is 174 cm³/mol. The van der Waals surface area contributed by atoms with Crippen molar-refractivity contribution in [3.05, 3.63) is 129 Å². The first kappa shape index (κ1) is 32.1. The number of carbonyl (C=O) groups is 3. The Morgan fingerprint density at radius 3 is 1.91 bits per heavy atom. The standard InChI is InChI=1S/C33H27ClIN3O7/c1-21(44-32(40)23-13-7-3-8-14-23)28(45-33(41)24-15-9-4-10-16-24)26(18-42-31(39)22-11-5-2-6-12-22)43-20-38-17-25(35)27-29(34)36-19-37-30(27)38/h2-17,19,21,26,28H,18,20H2,1H3. The minimum Gasteiger partial charge on any atom is -0.459 e. The molecule has 0 aliphatic rings. The Kier molecular flexibility index (Phi) is 10.8. The predicted octanol–water partition coefficient (Wildman–Crippen LogP) is 6.36. The molecule has 0 fully saturated rings. The van der Waals surface area contributed by atoms with Gasteiger partial charge in [-0.2, -0.15) is 0 Å². The Hall–Kier alpha value is -4.33. The zero-order chi connectivity index (χ0) is 31.8. The van der Waals surface area contributed by atoms with E-state index in [0.29, 0.717) is 22.2 Å². The fourth-order valence-corrected chi connectivity index (χ4v) is 5.71. The molecule has 3 unspecified atom stereocenters. The lowest BCUT2D eigenvalue weighted by molar-refractivity contribution is -0.128. The molecule has 12 heteroatoms. The average molecular weight is 740 g/mol. The second kappa shape index (κ2) is 15.1. The van der Waals surface area contributed by atoms with Crippen molar-refractivity contribution < 1.29 is 33.3 Å². The van der Waals surface area contributed by atoms with Gasteiger partial charge in [-0.25, -0.2) is 24.4 Å². The molecule has 2 aromatic heterocycles. The second-order valence-electron chi connectivity index (χ2n) is 9.82. The second-order valence-corrected chi connectivity index (χ2v) is 11.3. The van der Waals surface area contributed by atoms with Gasteiger partial charge in [0, 0.05) is 9.77 Å². The maximum Gasteiger partial charge on any atom is 0.338 e. The highest BCUT2D eigenvalue weighted by Gasteiger charge is 2.36. The number of fused-ring (bicyclic) bond motifs is 1. The van der Waals surface area contributed by atoms with Gasteiger partial charge in [0.2, 0.25) is 0 Å². The van der Waals surface area contributed by atoms with Crippen molar-refractivity contribution in [3.8, 4) is 0 Å². The molecule has 0 spiro atoms. The van der Waals surface area contributed by atoms with Crippen molar-refractivity contribution >= 4 is 63.1 Å². The molecule has 0 saturated heterocycles. The molecule has 0 N–H and O–H groups in total. The summed E-state index contributed by atoms with van der Waals surface area (Å²) >= 11 is 8.44. The zero-order valence-electron chi connectivity index (χ0n) is 23.9. The number of ether oxygens (including phenoxy) is 4. The van der Waals surface area contributed by atoms with E-state index in [1.807, 2.05) is 0 Å². The molecule has 0 aliphatic carbocycles. The number of esters is 3. The molecule has 5 rings (SSSR count). The van der Waals surface area contributed by atoms with E-state index in [9.17, 15) is 14.4 Å². The van der Waals surface area contributed by atoms with Crippen LogP contribution >= 0.6 is 34.2 Å². The van der Waals surface area contributed by atoms with Gasteiger partial charge in [-0.05, 0) is 65.9 Å². The van der Waals surface area contributed by atoms with Gasteiger partial charge in [0.1, 0.15) is 42.7 Å². The lowest BCUT2D eigenvalue weighted by atomic mass is 10.1. The third-order valence-electron chi connectivity index (χ3n) is 6.76. The van der Waals surface area contributed by atoms with Crippen molar-refractivity contribution in [1.29, 1.82) is 0 Å². The number of carbonyl (C=O) groups excluding carboxylic acids is 3. The summed E-state index contributed by atoms with van der Waals surface area (Å²) < 4.78 is 26.1. The molecule has 5 aromatic rings. The summed E-state index contributed by atoms with van der Waals surface area (Å²) in [5, 5.41) is 0.931. The normalized spacial score (nSPS) is 13.0. The third-order valence-corrected chi connectivity index (χ3v) is 7.87. The summed E-state index contributed by atoms with van der Waals surface area (Å²) in [6.07, 6.45) is -0.192. The van der Waals surface area contributed by atoms with Crippen molar-refractivity contribution in [3.63, 3.8) is 0 Å². The largest absolute Gasteiger partial charge is 0.459 e. The minimum absolute atomic E-state index is 0.0981.